The molecule has 0 bridgehead atoms. The predicted octanol–water partition coefficient (Wildman–Crippen LogP) is 4.86. The Morgan fingerprint density at radius 3 is 1.17 bits per heavy atom. The largest absolute Gasteiger partial charge is 1.00 e. The first-order valence-corrected chi connectivity index (χ1v) is 16.3. The fraction of sp³-hybridized carbons (Fsp3) is 1.00. The van der Waals surface area contributed by atoms with Gasteiger partial charge in [0.25, 0.3) is 0 Å². The van der Waals surface area contributed by atoms with Gasteiger partial charge in [0.15, 0.2) is 0 Å². The van der Waals surface area contributed by atoms with Crippen LogP contribution in [0.3, 0.4) is 0 Å². The number of rotatable bonds is 24. The third kappa shape index (κ3) is 45.3. The molecule has 3 N–H and O–H groups in total. The van der Waals surface area contributed by atoms with Crippen molar-refractivity contribution in [2.45, 2.75) is 142 Å². The number of phosphoric acid groups is 1. The van der Waals surface area contributed by atoms with Crippen molar-refractivity contribution in [2.24, 2.45) is 0 Å². The van der Waals surface area contributed by atoms with Crippen molar-refractivity contribution in [1.82, 2.24) is 0 Å². The Bertz CT molecular complexity index is 564. The summed E-state index contributed by atoms with van der Waals surface area (Å²) in [5.74, 6) is 0. The minimum atomic E-state index is -4.24. The quantitative estimate of drug-likeness (QED) is 0.0665. The predicted molar refractivity (Wildman–Crippen MR) is 140 cm³/mol. The van der Waals surface area contributed by atoms with Crippen LogP contribution in [0.4, 0.5) is 0 Å². The van der Waals surface area contributed by atoms with Crippen LogP contribution in [0, 0.1) is 0 Å². The molecule has 35 heavy (non-hydrogen) atoms. The summed E-state index contributed by atoms with van der Waals surface area (Å²) in [4.78, 5) is 16.9. The summed E-state index contributed by atoms with van der Waals surface area (Å²) < 4.78 is 47.7. The van der Waals surface area contributed by atoms with Gasteiger partial charge in [0.1, 0.15) is 0 Å². The Morgan fingerprint density at radius 2 is 0.886 bits per heavy atom. The monoisotopic (exact) mass is 556 g/mol. The summed E-state index contributed by atoms with van der Waals surface area (Å²) in [6.45, 7) is 4.70. The van der Waals surface area contributed by atoms with E-state index < -0.39 is 18.2 Å². The third-order valence-electron chi connectivity index (χ3n) is 5.49. The van der Waals surface area contributed by atoms with Crippen LogP contribution in [0.15, 0.2) is 0 Å². The van der Waals surface area contributed by atoms with E-state index in [0.717, 1.165) is 32.1 Å². The van der Waals surface area contributed by atoms with Crippen LogP contribution in [0.1, 0.15) is 144 Å². The molecule has 0 radical (unpaired) electrons. The van der Waals surface area contributed by atoms with Crippen molar-refractivity contribution < 1.29 is 67.0 Å². The first-order valence-electron chi connectivity index (χ1n) is 13.4. The number of hydrogen-bond acceptors (Lipinski definition) is 5. The molecule has 0 aromatic heterocycles. The summed E-state index contributed by atoms with van der Waals surface area (Å²) in [5.41, 5.74) is 0. The average Bonchev–Trinajstić information content (AvgIpc) is 2.75. The zero-order valence-corrected chi connectivity index (χ0v) is 26.5. The normalized spacial score (nSPS) is 11.6. The fourth-order valence-electron chi connectivity index (χ4n) is 3.53. The molecule has 0 saturated carbocycles. The second-order valence-electron chi connectivity index (χ2n) is 8.94. The molecule has 0 aliphatic carbocycles. The standard InChI is InChI=1S/C12H27O4P.C12H26O4S.Na.H/c2*1-2-3-4-5-6-7-8-9-10-11-12-16-17(13,14)15;;/h2-12H2,1H3,(H2,13,14,15);2-12H2,1H3,(H,13,14,15);;/q;;+1;-1. The van der Waals surface area contributed by atoms with E-state index in [1.165, 1.54) is 89.9 Å². The smallest absolute Gasteiger partial charge is 1.00 e. The first-order chi connectivity index (χ1) is 16.1. The van der Waals surface area contributed by atoms with Crippen LogP contribution >= 0.6 is 7.82 Å². The van der Waals surface area contributed by atoms with Crippen molar-refractivity contribution >= 4 is 18.2 Å². The topological polar surface area (TPSA) is 130 Å². The van der Waals surface area contributed by atoms with Gasteiger partial charge in [-0.3, -0.25) is 9.08 Å². The maximum Gasteiger partial charge on any atom is 1.00 e. The molecule has 0 unspecified atom stereocenters. The summed E-state index contributed by atoms with van der Waals surface area (Å²) in [5, 5.41) is 0. The molecule has 210 valence electrons. The number of phosphoric ester groups is 1. The minimum Gasteiger partial charge on any atom is -1.00 e. The third-order valence-corrected chi connectivity index (χ3v) is 6.47. The van der Waals surface area contributed by atoms with Crippen molar-refractivity contribution in [2.75, 3.05) is 13.2 Å². The second kappa shape index (κ2) is 29.5. The summed E-state index contributed by atoms with van der Waals surface area (Å²) in [6, 6.07) is 0. The van der Waals surface area contributed by atoms with Gasteiger partial charge in [-0.1, -0.05) is 129 Å². The number of hydrogen-bond donors (Lipinski definition) is 3. The van der Waals surface area contributed by atoms with E-state index in [-0.39, 0.29) is 44.2 Å². The molecule has 0 aromatic rings. The molecule has 0 heterocycles. The Labute approximate surface area is 239 Å². The van der Waals surface area contributed by atoms with Crippen molar-refractivity contribution in [3.8, 4) is 0 Å². The molecule has 0 amide bonds. The van der Waals surface area contributed by atoms with E-state index in [4.69, 9.17) is 14.3 Å². The zero-order chi connectivity index (χ0) is 26.0. The summed E-state index contributed by atoms with van der Waals surface area (Å²) in [7, 11) is -8.48. The average molecular weight is 557 g/mol. The van der Waals surface area contributed by atoms with Crippen LogP contribution in [-0.2, 0) is 23.7 Å². The molecule has 0 aliphatic rings. The maximum absolute atomic E-state index is 10.4. The molecular formula is C24H54NaO8PS. The van der Waals surface area contributed by atoms with Crippen molar-refractivity contribution in [3.05, 3.63) is 0 Å². The molecule has 8 nitrogen and oxygen atoms in total. The van der Waals surface area contributed by atoms with E-state index in [2.05, 4.69) is 22.6 Å². The van der Waals surface area contributed by atoms with E-state index in [0.29, 0.717) is 6.42 Å². The van der Waals surface area contributed by atoms with E-state index in [1.807, 2.05) is 0 Å². The fourth-order valence-corrected chi connectivity index (χ4v) is 4.22. The Morgan fingerprint density at radius 1 is 0.600 bits per heavy atom. The Balaban J connectivity index is -0.000000269. The van der Waals surface area contributed by atoms with Crippen molar-refractivity contribution in [1.29, 1.82) is 0 Å². The van der Waals surface area contributed by atoms with Crippen molar-refractivity contribution in [3.63, 3.8) is 0 Å². The van der Waals surface area contributed by atoms with Gasteiger partial charge in [0, 0.05) is 0 Å². The molecule has 11 heteroatoms. The molecule has 0 aromatic carbocycles. The first kappa shape index (κ1) is 40.5. The summed E-state index contributed by atoms with van der Waals surface area (Å²) in [6.07, 6.45) is 23.9. The molecule has 0 rings (SSSR count). The van der Waals surface area contributed by atoms with Gasteiger partial charge >= 0.3 is 47.8 Å². The molecule has 0 spiro atoms. The molecule has 0 fully saturated rings. The Kier molecular flexibility index (Phi) is 34.2. The van der Waals surface area contributed by atoms with Crippen LogP contribution < -0.4 is 29.6 Å². The Hall–Kier alpha value is 0.980. The molecule has 0 atom stereocenters. The number of unbranched alkanes of at least 4 members (excludes halogenated alkanes) is 18. The van der Waals surface area contributed by atoms with Crippen LogP contribution in [0.2, 0.25) is 0 Å². The maximum atomic E-state index is 10.4. The van der Waals surface area contributed by atoms with Crippen LogP contribution in [-0.4, -0.2) is 36.0 Å². The van der Waals surface area contributed by atoms with Crippen LogP contribution in [0.25, 0.3) is 0 Å². The molecular weight excluding hydrogens is 502 g/mol. The molecule has 0 saturated heterocycles. The van der Waals surface area contributed by atoms with Gasteiger partial charge < -0.3 is 11.2 Å². The van der Waals surface area contributed by atoms with Gasteiger partial charge in [-0.2, -0.15) is 8.42 Å². The van der Waals surface area contributed by atoms with Gasteiger partial charge in [0.05, 0.1) is 13.2 Å². The summed E-state index contributed by atoms with van der Waals surface area (Å²) >= 11 is 0. The van der Waals surface area contributed by atoms with Gasteiger partial charge in [-0.05, 0) is 12.8 Å². The van der Waals surface area contributed by atoms with Gasteiger partial charge in [-0.15, -0.1) is 0 Å². The van der Waals surface area contributed by atoms with Gasteiger partial charge in [-0.25, -0.2) is 8.75 Å². The van der Waals surface area contributed by atoms with E-state index in [9.17, 15) is 13.0 Å². The van der Waals surface area contributed by atoms with E-state index >= 15 is 0 Å². The zero-order valence-electron chi connectivity index (χ0n) is 23.8. The molecule has 0 aliphatic heterocycles. The van der Waals surface area contributed by atoms with Gasteiger partial charge in [0.2, 0.25) is 0 Å². The van der Waals surface area contributed by atoms with E-state index in [1.54, 1.807) is 0 Å². The van der Waals surface area contributed by atoms with Crippen LogP contribution in [0.5, 0.6) is 0 Å². The minimum absolute atomic E-state index is 0. The SMILES string of the molecule is CCCCCCCCCCCCOP(=O)(O)O.CCCCCCCCCCCCOS(=O)(=O)O.[H-].[Na+]. The second-order valence-corrected chi connectivity index (χ2v) is 11.3.